The van der Waals surface area contributed by atoms with Crippen LogP contribution in [0.5, 0.6) is 0 Å². The maximum absolute atomic E-state index is 6.11. The number of thiazole rings is 1. The van der Waals surface area contributed by atoms with Crippen LogP contribution in [0.1, 0.15) is 57.9 Å². The van der Waals surface area contributed by atoms with Gasteiger partial charge in [0.25, 0.3) is 0 Å². The maximum atomic E-state index is 6.11. The second kappa shape index (κ2) is 5.89. The molecule has 1 aliphatic rings. The standard InChI is InChI=1S/C18H24ClNS/c1-12(13-7-5-4-6-8-13)18(2,3)17-20-15-10-9-14(19)11-16(15)21-17/h9-13H,4-8H2,1-3H3. The highest BCUT2D eigenvalue weighted by Crippen LogP contribution is 2.44. The molecule has 1 heterocycles. The molecule has 0 spiro atoms. The summed E-state index contributed by atoms with van der Waals surface area (Å²) in [5.41, 5.74) is 1.22. The first-order chi connectivity index (χ1) is 9.98. The first-order valence-corrected chi connectivity index (χ1v) is 9.24. The second-order valence-electron chi connectivity index (χ2n) is 7.04. The lowest BCUT2D eigenvalue weighted by atomic mass is 9.68. The number of nitrogens with zero attached hydrogens (tertiary/aromatic N) is 1. The molecule has 0 N–H and O–H groups in total. The topological polar surface area (TPSA) is 12.9 Å². The molecule has 1 nitrogen and oxygen atoms in total. The molecule has 21 heavy (non-hydrogen) atoms. The molecule has 0 radical (unpaired) electrons. The van der Waals surface area contributed by atoms with Gasteiger partial charge in [0.15, 0.2) is 0 Å². The van der Waals surface area contributed by atoms with Gasteiger partial charge in [-0.3, -0.25) is 0 Å². The summed E-state index contributed by atoms with van der Waals surface area (Å²) in [5, 5.41) is 2.06. The van der Waals surface area contributed by atoms with Gasteiger partial charge in [0, 0.05) is 10.4 Å². The third kappa shape index (κ3) is 2.98. The number of aromatic nitrogens is 1. The summed E-state index contributed by atoms with van der Waals surface area (Å²) in [6.45, 7) is 7.16. The molecular weight excluding hydrogens is 298 g/mol. The fraction of sp³-hybridized carbons (Fsp3) is 0.611. The van der Waals surface area contributed by atoms with E-state index < -0.39 is 0 Å². The van der Waals surface area contributed by atoms with Gasteiger partial charge >= 0.3 is 0 Å². The smallest absolute Gasteiger partial charge is 0.0997 e. The Kier molecular flexibility index (Phi) is 4.29. The van der Waals surface area contributed by atoms with Gasteiger partial charge in [-0.05, 0) is 30.0 Å². The fourth-order valence-corrected chi connectivity index (χ4v) is 5.03. The molecule has 1 aromatic heterocycles. The SMILES string of the molecule is CC(C1CCCCC1)C(C)(C)c1nc2ccc(Cl)cc2s1. The minimum atomic E-state index is 0.137. The predicted molar refractivity (Wildman–Crippen MR) is 93.4 cm³/mol. The highest BCUT2D eigenvalue weighted by Gasteiger charge is 2.36. The molecule has 2 aromatic rings. The molecule has 0 amide bonds. The zero-order chi connectivity index (χ0) is 15.0. The summed E-state index contributed by atoms with van der Waals surface area (Å²) in [7, 11) is 0. The molecule has 1 saturated carbocycles. The van der Waals surface area contributed by atoms with E-state index in [1.807, 2.05) is 29.5 Å². The third-order valence-electron chi connectivity index (χ3n) is 5.40. The van der Waals surface area contributed by atoms with Crippen LogP contribution in [0, 0.1) is 11.8 Å². The Balaban J connectivity index is 1.90. The van der Waals surface area contributed by atoms with Crippen LogP contribution in [0.25, 0.3) is 10.2 Å². The average molecular weight is 322 g/mol. The lowest BCUT2D eigenvalue weighted by Gasteiger charge is -2.37. The van der Waals surface area contributed by atoms with Gasteiger partial charge in [0.1, 0.15) is 0 Å². The van der Waals surface area contributed by atoms with Gasteiger partial charge in [-0.25, -0.2) is 4.98 Å². The minimum Gasteiger partial charge on any atom is -0.241 e. The first kappa shape index (κ1) is 15.3. The second-order valence-corrected chi connectivity index (χ2v) is 8.51. The van der Waals surface area contributed by atoms with Gasteiger partial charge in [-0.1, -0.05) is 64.5 Å². The molecule has 1 fully saturated rings. The van der Waals surface area contributed by atoms with Crippen molar-refractivity contribution in [3.8, 4) is 0 Å². The molecule has 114 valence electrons. The van der Waals surface area contributed by atoms with Crippen LogP contribution in [-0.4, -0.2) is 4.98 Å². The molecule has 1 aromatic carbocycles. The van der Waals surface area contributed by atoms with Gasteiger partial charge in [-0.15, -0.1) is 11.3 Å². The minimum absolute atomic E-state index is 0.137. The third-order valence-corrected chi connectivity index (χ3v) is 6.99. The van der Waals surface area contributed by atoms with Crippen LogP contribution >= 0.6 is 22.9 Å². The van der Waals surface area contributed by atoms with Crippen LogP contribution in [0.15, 0.2) is 18.2 Å². The molecule has 0 saturated heterocycles. The van der Waals surface area contributed by atoms with E-state index in [9.17, 15) is 0 Å². The molecule has 1 unspecified atom stereocenters. The van der Waals surface area contributed by atoms with E-state index >= 15 is 0 Å². The highest BCUT2D eigenvalue weighted by atomic mass is 35.5. The van der Waals surface area contributed by atoms with E-state index in [1.165, 1.54) is 41.8 Å². The van der Waals surface area contributed by atoms with E-state index in [1.54, 1.807) is 0 Å². The van der Waals surface area contributed by atoms with Gasteiger partial charge in [0.2, 0.25) is 0 Å². The lowest BCUT2D eigenvalue weighted by molar-refractivity contribution is 0.184. The normalized spacial score (nSPS) is 19.0. The van der Waals surface area contributed by atoms with Crippen LogP contribution in [0.3, 0.4) is 0 Å². The largest absolute Gasteiger partial charge is 0.241 e. The zero-order valence-electron chi connectivity index (χ0n) is 13.2. The average Bonchev–Trinajstić information content (AvgIpc) is 2.91. The molecule has 1 aliphatic carbocycles. The molecule has 3 heteroatoms. The van der Waals surface area contributed by atoms with Crippen molar-refractivity contribution in [2.45, 2.75) is 58.3 Å². The van der Waals surface area contributed by atoms with Gasteiger partial charge in [-0.2, -0.15) is 0 Å². The number of rotatable bonds is 3. The number of hydrogen-bond donors (Lipinski definition) is 0. The van der Waals surface area contributed by atoms with E-state index in [2.05, 4.69) is 20.8 Å². The van der Waals surface area contributed by atoms with Crippen LogP contribution in [0.2, 0.25) is 5.02 Å². The molecule has 3 rings (SSSR count). The molecule has 0 bridgehead atoms. The Morgan fingerprint density at radius 1 is 1.24 bits per heavy atom. The number of fused-ring (bicyclic) bond motifs is 1. The van der Waals surface area contributed by atoms with Gasteiger partial charge < -0.3 is 0 Å². The Morgan fingerprint density at radius 3 is 2.67 bits per heavy atom. The van der Waals surface area contributed by atoms with E-state index in [0.29, 0.717) is 5.92 Å². The quantitative estimate of drug-likeness (QED) is 0.633. The molecule has 0 aliphatic heterocycles. The monoisotopic (exact) mass is 321 g/mol. The number of hydrogen-bond acceptors (Lipinski definition) is 2. The molecule has 1 atom stereocenters. The Labute approximate surface area is 136 Å². The fourth-order valence-electron chi connectivity index (χ4n) is 3.59. The summed E-state index contributed by atoms with van der Waals surface area (Å²) >= 11 is 7.92. The first-order valence-electron chi connectivity index (χ1n) is 8.05. The van der Waals surface area contributed by atoms with Crippen molar-refractivity contribution in [2.24, 2.45) is 11.8 Å². The van der Waals surface area contributed by atoms with Crippen molar-refractivity contribution >= 4 is 33.2 Å². The van der Waals surface area contributed by atoms with Crippen LogP contribution < -0.4 is 0 Å². The Morgan fingerprint density at radius 2 is 1.95 bits per heavy atom. The molecular formula is C18H24ClNS. The highest BCUT2D eigenvalue weighted by molar-refractivity contribution is 7.18. The van der Waals surface area contributed by atoms with Crippen LogP contribution in [0.4, 0.5) is 0 Å². The van der Waals surface area contributed by atoms with Crippen molar-refractivity contribution in [1.82, 2.24) is 4.98 Å². The summed E-state index contributed by atoms with van der Waals surface area (Å²) < 4.78 is 1.21. The summed E-state index contributed by atoms with van der Waals surface area (Å²) in [6.07, 6.45) is 7.01. The summed E-state index contributed by atoms with van der Waals surface area (Å²) in [6, 6.07) is 6.02. The number of halogens is 1. The summed E-state index contributed by atoms with van der Waals surface area (Å²) in [4.78, 5) is 4.90. The van der Waals surface area contributed by atoms with E-state index in [4.69, 9.17) is 16.6 Å². The summed E-state index contributed by atoms with van der Waals surface area (Å²) in [5.74, 6) is 1.53. The van der Waals surface area contributed by atoms with Gasteiger partial charge in [0.05, 0.1) is 15.2 Å². The Hall–Kier alpha value is -0.600. The predicted octanol–water partition coefficient (Wildman–Crippen LogP) is 6.44. The van der Waals surface area contributed by atoms with Crippen molar-refractivity contribution in [3.63, 3.8) is 0 Å². The van der Waals surface area contributed by atoms with Crippen LogP contribution in [-0.2, 0) is 5.41 Å². The van der Waals surface area contributed by atoms with Crippen molar-refractivity contribution in [1.29, 1.82) is 0 Å². The Bertz CT molecular complexity index is 625. The number of benzene rings is 1. The lowest BCUT2D eigenvalue weighted by Crippen LogP contribution is -2.33. The van der Waals surface area contributed by atoms with Crippen molar-refractivity contribution < 1.29 is 0 Å². The van der Waals surface area contributed by atoms with Crippen molar-refractivity contribution in [3.05, 3.63) is 28.2 Å². The van der Waals surface area contributed by atoms with E-state index in [0.717, 1.165) is 16.5 Å². The zero-order valence-corrected chi connectivity index (χ0v) is 14.7. The maximum Gasteiger partial charge on any atom is 0.0997 e. The van der Waals surface area contributed by atoms with E-state index in [-0.39, 0.29) is 5.41 Å². The van der Waals surface area contributed by atoms with Crippen molar-refractivity contribution in [2.75, 3.05) is 0 Å².